The highest BCUT2D eigenvalue weighted by Crippen LogP contribution is 2.21. The van der Waals surface area contributed by atoms with E-state index in [0.29, 0.717) is 18.2 Å². The number of nitrogen functional groups attached to an aromatic ring is 1. The van der Waals surface area contributed by atoms with Crippen LogP contribution in [0.25, 0.3) is 0 Å². The van der Waals surface area contributed by atoms with Gasteiger partial charge >= 0.3 is 0 Å². The molecule has 1 aromatic heterocycles. The Balaban J connectivity index is 1.79. The Kier molecular flexibility index (Phi) is 5.20. The number of aromatic nitrogens is 1. The van der Waals surface area contributed by atoms with E-state index in [1.54, 1.807) is 0 Å². The van der Waals surface area contributed by atoms with E-state index in [1.165, 1.54) is 37.8 Å². The van der Waals surface area contributed by atoms with Crippen LogP contribution >= 0.6 is 11.6 Å². The van der Waals surface area contributed by atoms with Gasteiger partial charge in [0.05, 0.1) is 0 Å². The maximum absolute atomic E-state index is 12.0. The van der Waals surface area contributed by atoms with Gasteiger partial charge in [0, 0.05) is 24.7 Å². The van der Waals surface area contributed by atoms with E-state index in [2.05, 4.69) is 22.2 Å². The highest BCUT2D eigenvalue weighted by molar-refractivity contribution is 6.29. The van der Waals surface area contributed by atoms with Crippen molar-refractivity contribution < 1.29 is 4.79 Å². The molecule has 0 radical (unpaired) electrons. The van der Waals surface area contributed by atoms with Crippen molar-refractivity contribution in [2.45, 2.75) is 31.7 Å². The number of hydrogen-bond acceptors (Lipinski definition) is 4. The lowest BCUT2D eigenvalue weighted by Crippen LogP contribution is -2.37. The first-order chi connectivity index (χ1) is 9.56. The first-order valence-electron chi connectivity index (χ1n) is 6.98. The number of nitrogens with zero attached hydrogens (tertiary/aromatic N) is 2. The maximum atomic E-state index is 12.0. The van der Waals surface area contributed by atoms with E-state index < -0.39 is 0 Å². The predicted octanol–water partition coefficient (Wildman–Crippen LogP) is 1.92. The summed E-state index contributed by atoms with van der Waals surface area (Å²) in [5, 5.41) is 3.12. The first kappa shape index (κ1) is 15.1. The SMILES string of the molecule is CN(CCNC(=O)c1cc(N)nc(Cl)c1)C1CCCC1. The Morgan fingerprint density at radius 3 is 2.85 bits per heavy atom. The summed E-state index contributed by atoms with van der Waals surface area (Å²) >= 11 is 5.79. The Bertz CT molecular complexity index is 454. The smallest absolute Gasteiger partial charge is 0.251 e. The third kappa shape index (κ3) is 4.08. The number of hydrogen-bond donors (Lipinski definition) is 2. The molecule has 1 aromatic rings. The second-order valence-corrected chi connectivity index (χ2v) is 5.67. The molecule has 5 nitrogen and oxygen atoms in total. The molecule has 0 unspecified atom stereocenters. The number of pyridine rings is 1. The van der Waals surface area contributed by atoms with Gasteiger partial charge in [-0.25, -0.2) is 4.98 Å². The fourth-order valence-electron chi connectivity index (χ4n) is 2.62. The van der Waals surface area contributed by atoms with Crippen LogP contribution in [0.1, 0.15) is 36.0 Å². The minimum atomic E-state index is -0.166. The molecule has 0 atom stereocenters. The molecule has 3 N–H and O–H groups in total. The molecular weight excluding hydrogens is 276 g/mol. The number of halogens is 1. The molecule has 20 heavy (non-hydrogen) atoms. The van der Waals surface area contributed by atoms with Crippen molar-refractivity contribution in [2.24, 2.45) is 0 Å². The summed E-state index contributed by atoms with van der Waals surface area (Å²) in [5.41, 5.74) is 6.02. The number of likely N-dealkylation sites (N-methyl/N-ethyl adjacent to an activating group) is 1. The average Bonchev–Trinajstić information content (AvgIpc) is 2.91. The molecular formula is C14H21ClN4O. The summed E-state index contributed by atoms with van der Waals surface area (Å²) < 4.78 is 0. The summed E-state index contributed by atoms with van der Waals surface area (Å²) in [5.74, 6) is 0.0894. The number of carbonyl (C=O) groups excluding carboxylic acids is 1. The number of rotatable bonds is 5. The monoisotopic (exact) mass is 296 g/mol. The van der Waals surface area contributed by atoms with E-state index in [1.807, 2.05) is 0 Å². The van der Waals surface area contributed by atoms with Crippen LogP contribution in [0.15, 0.2) is 12.1 Å². The fraction of sp³-hybridized carbons (Fsp3) is 0.571. The van der Waals surface area contributed by atoms with Gasteiger partial charge in [0.2, 0.25) is 0 Å². The molecule has 110 valence electrons. The molecule has 1 amide bonds. The van der Waals surface area contributed by atoms with Crippen molar-refractivity contribution in [1.29, 1.82) is 0 Å². The first-order valence-corrected chi connectivity index (χ1v) is 7.35. The predicted molar refractivity (Wildman–Crippen MR) is 80.9 cm³/mol. The molecule has 1 aliphatic carbocycles. The standard InChI is InChI=1S/C14H21ClN4O/c1-19(11-4-2-3-5-11)7-6-17-14(20)10-8-12(15)18-13(16)9-10/h8-9,11H,2-7H2,1H3,(H2,16,18)(H,17,20). The van der Waals surface area contributed by atoms with E-state index in [9.17, 15) is 4.79 Å². The normalized spacial score (nSPS) is 15.8. The average molecular weight is 297 g/mol. The largest absolute Gasteiger partial charge is 0.384 e. The second-order valence-electron chi connectivity index (χ2n) is 5.28. The molecule has 1 aliphatic rings. The summed E-state index contributed by atoms with van der Waals surface area (Å²) in [6.07, 6.45) is 5.16. The van der Waals surface area contributed by atoms with E-state index in [-0.39, 0.29) is 16.9 Å². The van der Waals surface area contributed by atoms with Crippen LogP contribution in [0.2, 0.25) is 5.15 Å². The molecule has 0 aromatic carbocycles. The molecule has 0 spiro atoms. The van der Waals surface area contributed by atoms with Crippen molar-refractivity contribution in [2.75, 3.05) is 25.9 Å². The lowest BCUT2D eigenvalue weighted by molar-refractivity contribution is 0.0947. The second kappa shape index (κ2) is 6.90. The minimum absolute atomic E-state index is 0.166. The van der Waals surface area contributed by atoms with Gasteiger partial charge in [0.1, 0.15) is 11.0 Å². The molecule has 1 fully saturated rings. The zero-order valence-corrected chi connectivity index (χ0v) is 12.5. The van der Waals surface area contributed by atoms with Gasteiger partial charge in [-0.05, 0) is 32.0 Å². The van der Waals surface area contributed by atoms with Crippen molar-refractivity contribution in [1.82, 2.24) is 15.2 Å². The Morgan fingerprint density at radius 1 is 1.50 bits per heavy atom. The molecule has 0 saturated heterocycles. The van der Waals surface area contributed by atoms with Crippen molar-refractivity contribution in [3.63, 3.8) is 0 Å². The Hall–Kier alpha value is -1.33. The molecule has 0 bridgehead atoms. The fourth-order valence-corrected chi connectivity index (χ4v) is 2.84. The van der Waals surface area contributed by atoms with E-state index >= 15 is 0 Å². The van der Waals surface area contributed by atoms with Crippen LogP contribution in [0.5, 0.6) is 0 Å². The molecule has 0 aliphatic heterocycles. The maximum Gasteiger partial charge on any atom is 0.251 e. The van der Waals surface area contributed by atoms with Crippen molar-refractivity contribution in [3.05, 3.63) is 22.8 Å². The lowest BCUT2D eigenvalue weighted by atomic mass is 10.2. The summed E-state index contributed by atoms with van der Waals surface area (Å²) in [6, 6.07) is 3.72. The number of carbonyl (C=O) groups is 1. The van der Waals surface area contributed by atoms with E-state index in [0.717, 1.165) is 6.54 Å². The molecule has 6 heteroatoms. The van der Waals surface area contributed by atoms with E-state index in [4.69, 9.17) is 17.3 Å². The minimum Gasteiger partial charge on any atom is -0.384 e. The lowest BCUT2D eigenvalue weighted by Gasteiger charge is -2.23. The Labute approximate surface area is 124 Å². The van der Waals surface area contributed by atoms with Gasteiger partial charge in [-0.2, -0.15) is 0 Å². The van der Waals surface area contributed by atoms with Crippen LogP contribution in [0, 0.1) is 0 Å². The van der Waals surface area contributed by atoms with Crippen LogP contribution in [-0.2, 0) is 0 Å². The van der Waals surface area contributed by atoms with Gasteiger partial charge < -0.3 is 16.0 Å². The highest BCUT2D eigenvalue weighted by atomic mass is 35.5. The quantitative estimate of drug-likeness (QED) is 0.815. The van der Waals surface area contributed by atoms with Crippen LogP contribution < -0.4 is 11.1 Å². The van der Waals surface area contributed by atoms with Crippen LogP contribution in [0.4, 0.5) is 5.82 Å². The zero-order chi connectivity index (χ0) is 14.5. The summed E-state index contributed by atoms with van der Waals surface area (Å²) in [4.78, 5) is 18.1. The molecule has 2 rings (SSSR count). The van der Waals surface area contributed by atoms with Gasteiger partial charge in [-0.15, -0.1) is 0 Å². The van der Waals surface area contributed by atoms with Crippen molar-refractivity contribution in [3.8, 4) is 0 Å². The van der Waals surface area contributed by atoms with Gasteiger partial charge in [-0.1, -0.05) is 24.4 Å². The summed E-state index contributed by atoms with van der Waals surface area (Å²) in [7, 11) is 2.11. The third-order valence-corrected chi connectivity index (χ3v) is 3.97. The van der Waals surface area contributed by atoms with Gasteiger partial charge in [0.25, 0.3) is 5.91 Å². The van der Waals surface area contributed by atoms with Gasteiger partial charge in [0.15, 0.2) is 0 Å². The highest BCUT2D eigenvalue weighted by Gasteiger charge is 2.19. The molecule has 1 saturated carbocycles. The zero-order valence-electron chi connectivity index (χ0n) is 11.7. The summed E-state index contributed by atoms with van der Waals surface area (Å²) in [6.45, 7) is 1.47. The third-order valence-electron chi connectivity index (χ3n) is 3.77. The number of amides is 1. The van der Waals surface area contributed by atoms with Crippen molar-refractivity contribution >= 4 is 23.3 Å². The molecule has 1 heterocycles. The number of nitrogens with two attached hydrogens (primary N) is 1. The Morgan fingerprint density at radius 2 is 2.20 bits per heavy atom. The van der Waals surface area contributed by atoms with Gasteiger partial charge in [-0.3, -0.25) is 4.79 Å². The van der Waals surface area contributed by atoms with Crippen LogP contribution in [-0.4, -0.2) is 42.0 Å². The number of anilines is 1. The topological polar surface area (TPSA) is 71.2 Å². The number of nitrogens with one attached hydrogen (secondary N) is 1. The van der Waals surface area contributed by atoms with Crippen LogP contribution in [0.3, 0.4) is 0 Å².